The molecule has 0 radical (unpaired) electrons. The van der Waals surface area contributed by atoms with Crippen LogP contribution < -0.4 is 10.6 Å². The second-order valence-corrected chi connectivity index (χ2v) is 7.00. The fourth-order valence-electron chi connectivity index (χ4n) is 2.15. The van der Waals surface area contributed by atoms with Gasteiger partial charge in [0.05, 0.1) is 6.61 Å². The van der Waals surface area contributed by atoms with Crippen molar-refractivity contribution in [2.24, 2.45) is 0 Å². The number of hydrogen-bond acceptors (Lipinski definition) is 1. The normalized spacial score (nSPS) is 12.6. The van der Waals surface area contributed by atoms with Crippen LogP contribution in [0.3, 0.4) is 0 Å². The average Bonchev–Trinajstić information content (AvgIpc) is 2.42. The second kappa shape index (κ2) is 6.68. The van der Waals surface area contributed by atoms with Gasteiger partial charge in [0.1, 0.15) is 0 Å². The monoisotopic (exact) mass is 258 g/mol. The van der Waals surface area contributed by atoms with Crippen molar-refractivity contribution in [3.8, 4) is 0 Å². The van der Waals surface area contributed by atoms with Gasteiger partial charge in [0, 0.05) is 12.8 Å². The van der Waals surface area contributed by atoms with Crippen LogP contribution in [0.4, 0.5) is 0 Å². The van der Waals surface area contributed by atoms with Gasteiger partial charge in [-0.05, 0) is 18.5 Å². The molecule has 2 aromatic carbocycles. The number of ether oxygens (including phenoxy) is 1. The van der Waals surface area contributed by atoms with Gasteiger partial charge in [-0.25, -0.2) is 0 Å². The first-order valence-corrected chi connectivity index (χ1v) is 7.62. The van der Waals surface area contributed by atoms with Crippen molar-refractivity contribution in [1.82, 2.24) is 0 Å². The largest absolute Gasteiger partial charge is 0.384 e. The van der Waals surface area contributed by atoms with Crippen LogP contribution in [0.2, 0.25) is 0 Å². The summed E-state index contributed by atoms with van der Waals surface area (Å²) in [4.78, 5) is 0. The molecule has 0 N–H and O–H groups in total. The van der Waals surface area contributed by atoms with Gasteiger partial charge in [0.25, 0.3) is 0 Å². The van der Waals surface area contributed by atoms with Crippen LogP contribution in [0, 0.1) is 0 Å². The number of hydrogen-bond donors (Lipinski definition) is 0. The van der Waals surface area contributed by atoms with E-state index in [1.165, 1.54) is 10.6 Å². The van der Waals surface area contributed by atoms with Crippen molar-refractivity contribution in [2.75, 3.05) is 13.7 Å². The van der Waals surface area contributed by atoms with Crippen LogP contribution in [-0.2, 0) is 4.74 Å². The number of methoxy groups -OCH3 is 1. The lowest BCUT2D eigenvalue weighted by Gasteiger charge is -2.25. The van der Waals surface area contributed by atoms with Crippen molar-refractivity contribution < 1.29 is 4.74 Å². The predicted molar refractivity (Wildman–Crippen MR) is 80.4 cm³/mol. The second-order valence-electron chi connectivity index (χ2n) is 4.35. The van der Waals surface area contributed by atoms with Crippen LogP contribution >= 0.6 is 7.92 Å². The average molecular weight is 258 g/mol. The zero-order valence-electron chi connectivity index (χ0n) is 10.9. The molecule has 2 rings (SSSR count). The first-order valence-electron chi connectivity index (χ1n) is 6.21. The van der Waals surface area contributed by atoms with Crippen molar-refractivity contribution >= 4 is 18.5 Å². The molecule has 0 amide bonds. The minimum absolute atomic E-state index is 0.343. The minimum Gasteiger partial charge on any atom is -0.384 e. The molecule has 0 aliphatic carbocycles. The number of rotatable bonds is 5. The predicted octanol–water partition coefficient (Wildman–Crippen LogP) is 3.15. The van der Waals surface area contributed by atoms with Crippen LogP contribution in [0.25, 0.3) is 0 Å². The first kappa shape index (κ1) is 13.3. The van der Waals surface area contributed by atoms with E-state index in [4.69, 9.17) is 4.74 Å². The molecule has 0 aliphatic heterocycles. The highest BCUT2D eigenvalue weighted by molar-refractivity contribution is 7.73. The van der Waals surface area contributed by atoms with E-state index < -0.39 is 0 Å². The lowest BCUT2D eigenvalue weighted by molar-refractivity contribution is 0.202. The number of benzene rings is 2. The summed E-state index contributed by atoms with van der Waals surface area (Å²) in [5.74, 6) is 0. The van der Waals surface area contributed by atoms with Crippen LogP contribution in [-0.4, -0.2) is 19.4 Å². The van der Waals surface area contributed by atoms with Crippen LogP contribution in [0.15, 0.2) is 60.7 Å². The fraction of sp³-hybridized carbons (Fsp3) is 0.250. The van der Waals surface area contributed by atoms with E-state index in [0.29, 0.717) is 5.66 Å². The maximum absolute atomic E-state index is 5.34. The molecule has 1 nitrogen and oxygen atoms in total. The molecule has 1 atom stereocenters. The molecule has 2 heteroatoms. The lowest BCUT2D eigenvalue weighted by atomic mass is 10.4. The third-order valence-electron chi connectivity index (χ3n) is 2.92. The highest BCUT2D eigenvalue weighted by atomic mass is 31.1. The molecule has 0 aliphatic rings. The third-order valence-corrected chi connectivity index (χ3v) is 5.66. The molecule has 18 heavy (non-hydrogen) atoms. The van der Waals surface area contributed by atoms with Gasteiger partial charge < -0.3 is 4.74 Å². The Hall–Kier alpha value is -1.17. The minimum atomic E-state index is -0.343. The Labute approximate surface area is 111 Å². The zero-order valence-corrected chi connectivity index (χ0v) is 11.8. The van der Waals surface area contributed by atoms with E-state index in [1.807, 2.05) is 0 Å². The molecule has 94 valence electrons. The van der Waals surface area contributed by atoms with Gasteiger partial charge in [0.2, 0.25) is 0 Å². The first-order chi connectivity index (χ1) is 8.83. The summed E-state index contributed by atoms with van der Waals surface area (Å²) in [6.45, 7) is 3.07. The lowest BCUT2D eigenvalue weighted by Crippen LogP contribution is -2.22. The van der Waals surface area contributed by atoms with Gasteiger partial charge >= 0.3 is 0 Å². The molecular formula is C16H19OP. The van der Waals surface area contributed by atoms with E-state index in [2.05, 4.69) is 67.6 Å². The highest BCUT2D eigenvalue weighted by Crippen LogP contribution is 2.39. The molecule has 0 saturated heterocycles. The van der Waals surface area contributed by atoms with E-state index in [1.54, 1.807) is 7.11 Å². The van der Waals surface area contributed by atoms with Crippen LogP contribution in [0.1, 0.15) is 6.92 Å². The van der Waals surface area contributed by atoms with Gasteiger partial charge in [-0.1, -0.05) is 67.6 Å². The molecule has 0 saturated carbocycles. The Balaban J connectivity index is 2.35. The third kappa shape index (κ3) is 3.19. The molecule has 0 aromatic heterocycles. The standard InChI is InChI=1S/C16H19OP/c1-14(13-17-2)18(15-9-5-3-6-10-15)16-11-7-4-8-12-16/h3-12,14H,13H2,1-2H3. The molecule has 0 fully saturated rings. The molecular weight excluding hydrogens is 239 g/mol. The van der Waals surface area contributed by atoms with E-state index in [9.17, 15) is 0 Å². The molecule has 0 heterocycles. The topological polar surface area (TPSA) is 9.23 Å². The summed E-state index contributed by atoms with van der Waals surface area (Å²) in [6, 6.07) is 21.5. The summed E-state index contributed by atoms with van der Waals surface area (Å²) in [5.41, 5.74) is 0.523. The quantitative estimate of drug-likeness (QED) is 0.749. The Kier molecular flexibility index (Phi) is 4.92. The van der Waals surface area contributed by atoms with Crippen molar-refractivity contribution in [3.63, 3.8) is 0 Å². The maximum atomic E-state index is 5.34. The van der Waals surface area contributed by atoms with E-state index in [-0.39, 0.29) is 7.92 Å². The van der Waals surface area contributed by atoms with Crippen molar-refractivity contribution in [1.29, 1.82) is 0 Å². The summed E-state index contributed by atoms with van der Waals surface area (Å²) < 4.78 is 5.34. The molecule has 0 spiro atoms. The van der Waals surface area contributed by atoms with E-state index in [0.717, 1.165) is 6.61 Å². The molecule has 2 aromatic rings. The van der Waals surface area contributed by atoms with Gasteiger partial charge in [0.15, 0.2) is 0 Å². The van der Waals surface area contributed by atoms with E-state index >= 15 is 0 Å². The Morgan fingerprint density at radius 1 is 0.889 bits per heavy atom. The Bertz CT molecular complexity index is 416. The zero-order chi connectivity index (χ0) is 12.8. The maximum Gasteiger partial charge on any atom is 0.0533 e. The van der Waals surface area contributed by atoms with Crippen molar-refractivity contribution in [2.45, 2.75) is 12.6 Å². The van der Waals surface area contributed by atoms with Crippen LogP contribution in [0.5, 0.6) is 0 Å². The Morgan fingerprint density at radius 3 is 1.72 bits per heavy atom. The van der Waals surface area contributed by atoms with Gasteiger partial charge in [-0.2, -0.15) is 0 Å². The SMILES string of the molecule is COCC(C)P(c1ccccc1)c1ccccc1. The van der Waals surface area contributed by atoms with Gasteiger partial charge in [-0.15, -0.1) is 0 Å². The summed E-state index contributed by atoms with van der Waals surface area (Å²) in [5, 5.41) is 2.84. The van der Waals surface area contributed by atoms with Gasteiger partial charge in [-0.3, -0.25) is 0 Å². The molecule has 0 bridgehead atoms. The summed E-state index contributed by atoms with van der Waals surface area (Å²) in [7, 11) is 1.43. The Morgan fingerprint density at radius 2 is 1.33 bits per heavy atom. The fourth-order valence-corrected chi connectivity index (χ4v) is 4.75. The highest BCUT2D eigenvalue weighted by Gasteiger charge is 2.20. The molecule has 1 unspecified atom stereocenters. The smallest absolute Gasteiger partial charge is 0.0533 e. The summed E-state index contributed by atoms with van der Waals surface area (Å²) >= 11 is 0. The van der Waals surface area contributed by atoms with Crippen molar-refractivity contribution in [3.05, 3.63) is 60.7 Å². The summed E-state index contributed by atoms with van der Waals surface area (Å²) in [6.07, 6.45) is 0.